The van der Waals surface area contributed by atoms with Gasteiger partial charge in [0.25, 0.3) is 0 Å². The van der Waals surface area contributed by atoms with Crippen LogP contribution in [-0.2, 0) is 42.5 Å². The number of carboxylic acids is 5. The molecule has 0 heterocycles. The van der Waals surface area contributed by atoms with E-state index in [0.717, 1.165) is 96.3 Å². The molecule has 0 bridgehead atoms. The summed E-state index contributed by atoms with van der Waals surface area (Å²) in [5.74, 6) is -1.22. The monoisotopic (exact) mass is 766 g/mol. The van der Waals surface area contributed by atoms with Gasteiger partial charge in [0.15, 0.2) is 0 Å². The minimum absolute atomic E-state index is 0. The number of carbonyl (C=O) groups is 5. The molecule has 0 fully saturated rings. The van der Waals surface area contributed by atoms with E-state index in [1.54, 1.807) is 0 Å². The summed E-state index contributed by atoms with van der Waals surface area (Å²) < 4.78 is 0. The maximum Gasteiger partial charge on any atom is 5.00 e. The van der Waals surface area contributed by atoms with Crippen LogP contribution in [0.5, 0.6) is 0 Å². The van der Waals surface area contributed by atoms with E-state index in [4.69, 9.17) is 0 Å². The fourth-order valence-electron chi connectivity index (χ4n) is 4.11. The van der Waals surface area contributed by atoms with Crippen molar-refractivity contribution in [3.63, 3.8) is 0 Å². The van der Waals surface area contributed by atoms with Gasteiger partial charge in [0, 0.05) is 29.8 Å². The maximum absolute atomic E-state index is 9.93. The van der Waals surface area contributed by atoms with E-state index < -0.39 is 29.8 Å². The zero-order chi connectivity index (χ0) is 39.9. The smallest absolute Gasteiger partial charge is 0.550 e. The number of aliphatic carboxylic acids is 5. The molecule has 0 aliphatic heterocycles. The van der Waals surface area contributed by atoms with Crippen LogP contribution in [0, 0.1) is 29.6 Å². The third-order valence-corrected chi connectivity index (χ3v) is 7.06. The molecule has 0 spiro atoms. The minimum Gasteiger partial charge on any atom is -0.550 e. The molecule has 0 aromatic heterocycles. The molecule has 51 heavy (non-hydrogen) atoms. The summed E-state index contributed by atoms with van der Waals surface area (Å²) in [5, 5.41) is 49.7. The van der Waals surface area contributed by atoms with Gasteiger partial charge >= 0.3 is 18.6 Å². The van der Waals surface area contributed by atoms with Crippen LogP contribution >= 0.6 is 0 Å². The molecule has 10 nitrogen and oxygen atoms in total. The molecule has 0 unspecified atom stereocenters. The number of carboxylic acid groups (broad SMARTS) is 5. The average Bonchev–Trinajstić information content (AvgIpc) is 2.97. The van der Waals surface area contributed by atoms with Gasteiger partial charge < -0.3 is 49.5 Å². The molecule has 0 saturated heterocycles. The van der Waals surface area contributed by atoms with Crippen molar-refractivity contribution in [2.75, 3.05) is 0 Å². The van der Waals surface area contributed by atoms with Crippen molar-refractivity contribution < 1.29 is 68.1 Å². The quantitative estimate of drug-likeness (QED) is 0.117. The summed E-state index contributed by atoms with van der Waals surface area (Å²) in [6.45, 7) is 21.4. The maximum atomic E-state index is 9.93. The number of carbonyl (C=O) groups excluding carboxylic acids is 5. The average molecular weight is 767 g/mol. The van der Waals surface area contributed by atoms with Crippen molar-refractivity contribution >= 4 is 29.8 Å². The summed E-state index contributed by atoms with van der Waals surface area (Å²) >= 11 is 0. The van der Waals surface area contributed by atoms with Gasteiger partial charge in [-0.15, -0.1) is 0 Å². The van der Waals surface area contributed by atoms with Crippen LogP contribution in [0.25, 0.3) is 0 Å². The summed E-state index contributed by atoms with van der Waals surface area (Å²) in [6, 6.07) is 0. The van der Waals surface area contributed by atoms with Crippen LogP contribution in [0.3, 0.4) is 0 Å². The molecular formula is C40H75O10V. The molecule has 0 rings (SSSR count). The molecule has 0 radical (unpaired) electrons. The van der Waals surface area contributed by atoms with Crippen LogP contribution < -0.4 is 25.5 Å². The van der Waals surface area contributed by atoms with Crippen molar-refractivity contribution in [3.8, 4) is 0 Å². The van der Waals surface area contributed by atoms with Crippen molar-refractivity contribution in [1.82, 2.24) is 0 Å². The fourth-order valence-corrected chi connectivity index (χ4v) is 4.11. The molecular weight excluding hydrogens is 691 g/mol. The molecule has 0 amide bonds. The number of unbranched alkanes of at least 4 members (excludes halogenated alkanes) is 5. The standard InChI is InChI=1S/5C8H16O2.V/c5*1-7(2)5-3-4-6-8(9)10;/h5*7H,3-6H2,1-2H3,(H,9,10);/q;;;;;+5/p-5. The second-order valence-corrected chi connectivity index (χ2v) is 15.1. The summed E-state index contributed by atoms with van der Waals surface area (Å²) in [7, 11) is 0. The van der Waals surface area contributed by atoms with Gasteiger partial charge in [0.05, 0.1) is 0 Å². The van der Waals surface area contributed by atoms with Crippen molar-refractivity contribution in [2.45, 2.75) is 198 Å². The van der Waals surface area contributed by atoms with Crippen molar-refractivity contribution in [3.05, 3.63) is 0 Å². The minimum atomic E-state index is -0.927. The largest absolute Gasteiger partial charge is 5.00 e. The normalized spacial score (nSPS) is 10.1. The second kappa shape index (κ2) is 46.0. The molecule has 0 aliphatic carbocycles. The number of rotatable bonds is 25. The molecule has 0 N–H and O–H groups in total. The Kier molecular flexibility index (Phi) is 55.0. The Hall–Kier alpha value is -2.07. The van der Waals surface area contributed by atoms with Crippen LogP contribution in [0.1, 0.15) is 198 Å². The first-order valence-electron chi connectivity index (χ1n) is 19.1. The molecule has 0 aliphatic rings. The van der Waals surface area contributed by atoms with Crippen LogP contribution in [0.4, 0.5) is 0 Å². The molecule has 0 saturated carbocycles. The Labute approximate surface area is 324 Å². The molecule has 0 aromatic carbocycles. The Morgan fingerprint density at radius 3 is 0.490 bits per heavy atom. The third-order valence-electron chi connectivity index (χ3n) is 7.06. The third kappa shape index (κ3) is 93.2. The first kappa shape index (κ1) is 61.0. The fraction of sp³-hybridized carbons (Fsp3) is 0.875. The molecule has 11 heteroatoms. The molecule has 300 valence electrons. The summed E-state index contributed by atoms with van der Waals surface area (Å²) in [4.78, 5) is 49.7. The Bertz CT molecular complexity index is 645. The van der Waals surface area contributed by atoms with Gasteiger partial charge in [0.2, 0.25) is 0 Å². The van der Waals surface area contributed by atoms with Crippen LogP contribution in [0.15, 0.2) is 0 Å². The van der Waals surface area contributed by atoms with E-state index in [2.05, 4.69) is 69.2 Å². The number of hydrogen-bond donors (Lipinski definition) is 0. The van der Waals surface area contributed by atoms with E-state index in [1.165, 1.54) is 0 Å². The van der Waals surface area contributed by atoms with Crippen molar-refractivity contribution in [1.29, 1.82) is 0 Å². The SMILES string of the molecule is CC(C)CCCCC(=O)[O-].CC(C)CCCCC(=O)[O-].CC(C)CCCCC(=O)[O-].CC(C)CCCCC(=O)[O-].CC(C)CCCCC(=O)[O-].[V+5]. The van der Waals surface area contributed by atoms with Gasteiger partial charge in [-0.05, 0) is 93.8 Å². The van der Waals surface area contributed by atoms with Gasteiger partial charge in [-0.25, -0.2) is 0 Å². The zero-order valence-corrected chi connectivity index (χ0v) is 35.5. The van der Waals surface area contributed by atoms with Crippen LogP contribution in [0.2, 0.25) is 0 Å². The number of hydrogen-bond acceptors (Lipinski definition) is 10. The van der Waals surface area contributed by atoms with Crippen LogP contribution in [-0.4, -0.2) is 29.8 Å². The van der Waals surface area contributed by atoms with E-state index in [9.17, 15) is 49.5 Å². The Balaban J connectivity index is -0.000000123. The molecule has 0 atom stereocenters. The van der Waals surface area contributed by atoms with Gasteiger partial charge in [-0.2, -0.15) is 0 Å². The predicted molar refractivity (Wildman–Crippen MR) is 192 cm³/mol. The van der Waals surface area contributed by atoms with E-state index in [1.807, 2.05) is 0 Å². The van der Waals surface area contributed by atoms with Gasteiger partial charge in [-0.1, -0.05) is 133 Å². The van der Waals surface area contributed by atoms with Crippen molar-refractivity contribution in [2.24, 2.45) is 29.6 Å². The van der Waals surface area contributed by atoms with E-state index >= 15 is 0 Å². The van der Waals surface area contributed by atoms with E-state index in [0.29, 0.717) is 29.6 Å². The second-order valence-electron chi connectivity index (χ2n) is 15.1. The van der Waals surface area contributed by atoms with E-state index in [-0.39, 0.29) is 50.7 Å². The Morgan fingerprint density at radius 1 is 0.294 bits per heavy atom. The first-order valence-corrected chi connectivity index (χ1v) is 19.1. The van der Waals surface area contributed by atoms with Gasteiger partial charge in [-0.3, -0.25) is 0 Å². The summed E-state index contributed by atoms with van der Waals surface area (Å²) in [5.41, 5.74) is 0. The summed E-state index contributed by atoms with van der Waals surface area (Å²) in [6.07, 6.45) is 15.5. The predicted octanol–water partition coefficient (Wildman–Crippen LogP) is 4.76. The topological polar surface area (TPSA) is 201 Å². The van der Waals surface area contributed by atoms with Gasteiger partial charge in [0.1, 0.15) is 0 Å². The Morgan fingerprint density at radius 2 is 0.412 bits per heavy atom. The molecule has 0 aromatic rings. The first-order chi connectivity index (χ1) is 23.1. The zero-order valence-electron chi connectivity index (χ0n) is 34.1.